The highest BCUT2D eigenvalue weighted by Crippen LogP contribution is 2.36. The van der Waals surface area contributed by atoms with Gasteiger partial charge in [-0.2, -0.15) is 0 Å². The molecule has 104 valence electrons. The van der Waals surface area contributed by atoms with E-state index >= 15 is 0 Å². The Labute approximate surface area is 122 Å². The Hall–Kier alpha value is -2.19. The Morgan fingerprint density at radius 1 is 1.20 bits per heavy atom. The average Bonchev–Trinajstić information content (AvgIpc) is 2.41. The van der Waals surface area contributed by atoms with Crippen LogP contribution in [-0.4, -0.2) is 4.92 Å². The lowest BCUT2D eigenvalue weighted by molar-refractivity contribution is -0.383. The van der Waals surface area contributed by atoms with E-state index in [0.717, 1.165) is 0 Å². The van der Waals surface area contributed by atoms with Gasteiger partial charge in [-0.05, 0) is 46.3 Å². The van der Waals surface area contributed by atoms with Crippen molar-refractivity contribution >= 4 is 38.7 Å². The molecule has 6 nitrogen and oxygen atoms in total. The molecular formula is C12H10BrFN4O2. The van der Waals surface area contributed by atoms with Crippen LogP contribution in [0.25, 0.3) is 0 Å². The Morgan fingerprint density at radius 3 is 2.50 bits per heavy atom. The second-order valence-corrected chi connectivity index (χ2v) is 4.71. The summed E-state index contributed by atoms with van der Waals surface area (Å²) in [6.07, 6.45) is 0. The zero-order chi connectivity index (χ0) is 14.7. The van der Waals surface area contributed by atoms with Crippen LogP contribution in [0.3, 0.4) is 0 Å². The molecule has 0 radical (unpaired) electrons. The Morgan fingerprint density at radius 2 is 1.90 bits per heavy atom. The van der Waals surface area contributed by atoms with Gasteiger partial charge in [-0.1, -0.05) is 6.07 Å². The summed E-state index contributed by atoms with van der Waals surface area (Å²) >= 11 is 3.19. The van der Waals surface area contributed by atoms with Crippen LogP contribution in [0, 0.1) is 15.9 Å². The van der Waals surface area contributed by atoms with Gasteiger partial charge in [0.1, 0.15) is 17.2 Å². The molecule has 0 aliphatic rings. The second kappa shape index (κ2) is 5.85. The summed E-state index contributed by atoms with van der Waals surface area (Å²) < 4.78 is 13.5. The third kappa shape index (κ3) is 2.86. The number of nitrogens with zero attached hydrogens (tertiary/aromatic N) is 1. The summed E-state index contributed by atoms with van der Waals surface area (Å²) in [5.74, 6) is 4.85. The lowest BCUT2D eigenvalue weighted by Crippen LogP contribution is -2.10. The first-order chi connectivity index (χ1) is 9.52. The molecule has 0 fully saturated rings. The molecule has 0 aliphatic carbocycles. The molecule has 20 heavy (non-hydrogen) atoms. The summed E-state index contributed by atoms with van der Waals surface area (Å²) in [7, 11) is 0. The van der Waals surface area contributed by atoms with E-state index in [1.165, 1.54) is 30.3 Å². The fraction of sp³-hybridized carbons (Fsp3) is 0. The first kappa shape index (κ1) is 14.2. The van der Waals surface area contributed by atoms with Crippen LogP contribution in [0.5, 0.6) is 0 Å². The Balaban J connectivity index is 2.45. The van der Waals surface area contributed by atoms with Gasteiger partial charge in [-0.15, -0.1) is 0 Å². The first-order valence-electron chi connectivity index (χ1n) is 5.49. The van der Waals surface area contributed by atoms with Crippen LogP contribution >= 0.6 is 15.9 Å². The summed E-state index contributed by atoms with van der Waals surface area (Å²) in [6, 6.07) is 8.63. The largest absolute Gasteiger partial charge is 0.349 e. The lowest BCUT2D eigenvalue weighted by Gasteiger charge is -2.11. The van der Waals surface area contributed by atoms with Gasteiger partial charge in [-0.3, -0.25) is 16.0 Å². The molecular weight excluding hydrogens is 331 g/mol. The van der Waals surface area contributed by atoms with Crippen molar-refractivity contribution in [3.8, 4) is 0 Å². The maximum Gasteiger partial charge on any atom is 0.316 e. The Kier molecular flexibility index (Phi) is 4.16. The molecule has 4 N–H and O–H groups in total. The minimum atomic E-state index is -0.547. The van der Waals surface area contributed by atoms with Crippen molar-refractivity contribution in [3.05, 3.63) is 56.8 Å². The molecule has 8 heteroatoms. The van der Waals surface area contributed by atoms with Crippen molar-refractivity contribution in [2.24, 2.45) is 5.84 Å². The molecule has 2 rings (SSSR count). The summed E-state index contributed by atoms with van der Waals surface area (Å²) in [5.41, 5.74) is 3.01. The molecule has 0 atom stereocenters. The van der Waals surface area contributed by atoms with Gasteiger partial charge in [0, 0.05) is 4.47 Å². The van der Waals surface area contributed by atoms with E-state index in [9.17, 15) is 14.5 Å². The highest BCUT2D eigenvalue weighted by Gasteiger charge is 2.19. The van der Waals surface area contributed by atoms with E-state index in [-0.39, 0.29) is 17.1 Å². The van der Waals surface area contributed by atoms with Crippen LogP contribution in [0.15, 0.2) is 40.9 Å². The number of nitrogens with one attached hydrogen (secondary N) is 2. The third-order valence-electron chi connectivity index (χ3n) is 2.57. The number of para-hydroxylation sites is 1. The van der Waals surface area contributed by atoms with Crippen LogP contribution in [0.4, 0.5) is 27.1 Å². The molecule has 0 saturated heterocycles. The number of nitrogens with two attached hydrogens (primary N) is 1. The molecule has 0 unspecified atom stereocenters. The highest BCUT2D eigenvalue weighted by atomic mass is 79.9. The van der Waals surface area contributed by atoms with E-state index < -0.39 is 10.7 Å². The maximum atomic E-state index is 13.0. The van der Waals surface area contributed by atoms with Crippen molar-refractivity contribution in [1.82, 2.24) is 0 Å². The molecule has 0 aliphatic heterocycles. The zero-order valence-electron chi connectivity index (χ0n) is 10.1. The van der Waals surface area contributed by atoms with Gasteiger partial charge in [-0.25, -0.2) is 4.39 Å². The second-order valence-electron chi connectivity index (χ2n) is 3.85. The minimum Gasteiger partial charge on any atom is -0.349 e. The number of nitro groups is 1. The van der Waals surface area contributed by atoms with Crippen molar-refractivity contribution in [2.75, 3.05) is 10.7 Å². The number of halogens is 2. The predicted octanol–water partition coefficient (Wildman–Crippen LogP) is 3.53. The number of hydrogen-bond donors (Lipinski definition) is 3. The summed E-state index contributed by atoms with van der Waals surface area (Å²) in [5, 5.41) is 14.0. The number of anilines is 3. The van der Waals surface area contributed by atoms with Crippen molar-refractivity contribution in [1.29, 1.82) is 0 Å². The molecule has 0 saturated carbocycles. The number of hydrogen-bond acceptors (Lipinski definition) is 5. The van der Waals surface area contributed by atoms with Gasteiger partial charge in [0.25, 0.3) is 0 Å². The van der Waals surface area contributed by atoms with E-state index in [4.69, 9.17) is 5.84 Å². The first-order valence-corrected chi connectivity index (χ1v) is 6.28. The smallest absolute Gasteiger partial charge is 0.316 e. The molecule has 2 aromatic carbocycles. The van der Waals surface area contributed by atoms with Crippen LogP contribution in [0.1, 0.15) is 0 Å². The lowest BCUT2D eigenvalue weighted by atomic mass is 10.2. The predicted molar refractivity (Wildman–Crippen MR) is 78.3 cm³/mol. The number of benzene rings is 2. The van der Waals surface area contributed by atoms with E-state index in [2.05, 4.69) is 26.7 Å². The van der Waals surface area contributed by atoms with Crippen LogP contribution in [0.2, 0.25) is 0 Å². The molecule has 0 heterocycles. The molecule has 0 amide bonds. The summed E-state index contributed by atoms with van der Waals surface area (Å²) in [4.78, 5) is 10.6. The molecule has 2 aromatic rings. The molecule has 0 spiro atoms. The van der Waals surface area contributed by atoms with E-state index in [1.807, 2.05) is 0 Å². The monoisotopic (exact) mass is 340 g/mol. The van der Waals surface area contributed by atoms with Crippen LogP contribution < -0.4 is 16.6 Å². The normalized spacial score (nSPS) is 10.2. The average molecular weight is 341 g/mol. The number of rotatable bonds is 4. The van der Waals surface area contributed by atoms with Crippen molar-refractivity contribution < 1.29 is 9.31 Å². The fourth-order valence-electron chi connectivity index (χ4n) is 1.69. The Bertz CT molecular complexity index is 666. The highest BCUT2D eigenvalue weighted by molar-refractivity contribution is 9.10. The number of hydrazine groups is 1. The maximum absolute atomic E-state index is 13.0. The van der Waals surface area contributed by atoms with Gasteiger partial charge in [0.15, 0.2) is 0 Å². The summed E-state index contributed by atoms with van der Waals surface area (Å²) in [6.45, 7) is 0. The van der Waals surface area contributed by atoms with Crippen molar-refractivity contribution in [3.63, 3.8) is 0 Å². The molecule has 0 bridgehead atoms. The SMILES string of the molecule is NNc1cccc(Nc2ccc(F)cc2Br)c1[N+](=O)[O-]. The van der Waals surface area contributed by atoms with E-state index in [0.29, 0.717) is 10.2 Å². The van der Waals surface area contributed by atoms with Gasteiger partial charge >= 0.3 is 5.69 Å². The van der Waals surface area contributed by atoms with Crippen molar-refractivity contribution in [2.45, 2.75) is 0 Å². The third-order valence-corrected chi connectivity index (χ3v) is 3.23. The quantitative estimate of drug-likeness (QED) is 0.449. The fourth-order valence-corrected chi connectivity index (χ4v) is 2.14. The van der Waals surface area contributed by atoms with Gasteiger partial charge < -0.3 is 10.7 Å². The van der Waals surface area contributed by atoms with E-state index in [1.54, 1.807) is 6.07 Å². The van der Waals surface area contributed by atoms with Gasteiger partial charge in [0.2, 0.25) is 0 Å². The topological polar surface area (TPSA) is 93.2 Å². The number of nitrogen functional groups attached to an aromatic ring is 1. The number of nitro benzene ring substituents is 1. The van der Waals surface area contributed by atoms with Gasteiger partial charge in [0.05, 0.1) is 10.6 Å². The zero-order valence-corrected chi connectivity index (χ0v) is 11.6. The molecule has 0 aromatic heterocycles. The standard InChI is InChI=1S/C12H10BrFN4O2/c13-8-6-7(14)4-5-9(8)16-10-2-1-3-11(17-15)12(10)18(19)20/h1-6,16-17H,15H2. The van der Waals surface area contributed by atoms with Crippen LogP contribution in [-0.2, 0) is 0 Å². The minimum absolute atomic E-state index is 0.179.